The van der Waals surface area contributed by atoms with Crippen molar-refractivity contribution < 1.29 is 14.6 Å². The highest BCUT2D eigenvalue weighted by atomic mass is 79.9. The molecule has 0 spiro atoms. The summed E-state index contributed by atoms with van der Waals surface area (Å²) in [5.74, 6) is 0. The number of aliphatic hydroxyl groups excluding tert-OH is 1. The molecule has 0 saturated heterocycles. The molecule has 1 rings (SSSR count). The van der Waals surface area contributed by atoms with Crippen molar-refractivity contribution in [3.05, 3.63) is 34.3 Å². The van der Waals surface area contributed by atoms with Gasteiger partial charge in [-0.3, -0.25) is 0 Å². The minimum atomic E-state index is -0.209. The monoisotopic (exact) mass is 330 g/mol. The van der Waals surface area contributed by atoms with E-state index >= 15 is 0 Å². The third kappa shape index (κ3) is 7.15. The minimum absolute atomic E-state index is 0.00184. The minimum Gasteiger partial charge on any atom is -0.394 e. The van der Waals surface area contributed by atoms with Crippen LogP contribution in [0.1, 0.15) is 5.56 Å². The van der Waals surface area contributed by atoms with E-state index in [1.54, 1.807) is 0 Å². The van der Waals surface area contributed by atoms with E-state index < -0.39 is 0 Å². The van der Waals surface area contributed by atoms with Crippen LogP contribution in [0.5, 0.6) is 0 Å². The molecule has 0 heterocycles. The van der Waals surface area contributed by atoms with Crippen molar-refractivity contribution in [2.75, 3.05) is 32.9 Å². The normalized spacial score (nSPS) is 10.2. The number of aliphatic hydroxyl groups is 1. The Labute approximate surface area is 121 Å². The van der Waals surface area contributed by atoms with Crippen molar-refractivity contribution in [3.8, 4) is 0 Å². The maximum Gasteiger partial charge on any atom is 0.314 e. The number of halogens is 1. The standard InChI is InChI=1S/C13H19BrN2O3/c14-12-4-2-1-3-11(12)5-6-15-13(18)16-7-9-19-10-8-17/h1-4,17H,5-10H2,(H2,15,16,18). The van der Waals surface area contributed by atoms with E-state index in [2.05, 4.69) is 26.6 Å². The summed E-state index contributed by atoms with van der Waals surface area (Å²) in [6, 6.07) is 7.72. The van der Waals surface area contributed by atoms with Crippen molar-refractivity contribution in [2.24, 2.45) is 0 Å². The van der Waals surface area contributed by atoms with E-state index in [1.165, 1.54) is 0 Å². The third-order valence-electron chi connectivity index (χ3n) is 2.41. The predicted octanol–water partition coefficient (Wildman–Crippen LogP) is 1.30. The number of nitrogens with one attached hydrogen (secondary N) is 2. The van der Waals surface area contributed by atoms with Gasteiger partial charge in [0.05, 0.1) is 19.8 Å². The zero-order chi connectivity index (χ0) is 13.9. The molecule has 5 nitrogen and oxygen atoms in total. The Balaban J connectivity index is 2.09. The molecule has 19 heavy (non-hydrogen) atoms. The highest BCUT2D eigenvalue weighted by molar-refractivity contribution is 9.10. The molecule has 0 aromatic heterocycles. The molecule has 0 saturated carbocycles. The molecule has 3 N–H and O–H groups in total. The van der Waals surface area contributed by atoms with Gasteiger partial charge in [0, 0.05) is 17.6 Å². The highest BCUT2D eigenvalue weighted by Crippen LogP contribution is 2.15. The summed E-state index contributed by atoms with van der Waals surface area (Å²) in [5, 5.41) is 13.9. The lowest BCUT2D eigenvalue weighted by Crippen LogP contribution is -2.38. The van der Waals surface area contributed by atoms with Gasteiger partial charge in [-0.1, -0.05) is 34.1 Å². The number of carbonyl (C=O) groups is 1. The molecule has 6 heteroatoms. The molecule has 0 bridgehead atoms. The fourth-order valence-corrected chi connectivity index (χ4v) is 1.96. The summed E-state index contributed by atoms with van der Waals surface area (Å²) in [6.45, 7) is 1.70. The first-order valence-electron chi connectivity index (χ1n) is 6.17. The molecule has 0 fully saturated rings. The first-order valence-corrected chi connectivity index (χ1v) is 6.97. The van der Waals surface area contributed by atoms with Crippen LogP contribution < -0.4 is 10.6 Å². The Bertz CT molecular complexity index is 388. The Kier molecular flexibility index (Phi) is 8.20. The number of carbonyl (C=O) groups excluding carboxylic acids is 1. The van der Waals surface area contributed by atoms with Crippen LogP contribution in [0.15, 0.2) is 28.7 Å². The predicted molar refractivity (Wildman–Crippen MR) is 77.2 cm³/mol. The number of rotatable bonds is 8. The molecule has 2 amide bonds. The van der Waals surface area contributed by atoms with Crippen LogP contribution in [0.25, 0.3) is 0 Å². The van der Waals surface area contributed by atoms with Crippen molar-refractivity contribution in [2.45, 2.75) is 6.42 Å². The Morgan fingerprint density at radius 2 is 1.95 bits per heavy atom. The number of urea groups is 1. The molecular weight excluding hydrogens is 312 g/mol. The second kappa shape index (κ2) is 9.77. The third-order valence-corrected chi connectivity index (χ3v) is 3.18. The fraction of sp³-hybridized carbons (Fsp3) is 0.462. The summed E-state index contributed by atoms with van der Waals surface area (Å²) < 4.78 is 6.07. The maximum atomic E-state index is 11.4. The van der Waals surface area contributed by atoms with Crippen LogP contribution in [0, 0.1) is 0 Å². The number of amides is 2. The second-order valence-corrected chi connectivity index (χ2v) is 4.71. The van der Waals surface area contributed by atoms with Crippen molar-refractivity contribution >= 4 is 22.0 Å². The van der Waals surface area contributed by atoms with Crippen LogP contribution in [-0.2, 0) is 11.2 Å². The molecule has 1 aromatic carbocycles. The van der Waals surface area contributed by atoms with E-state index in [-0.39, 0.29) is 12.6 Å². The molecule has 106 valence electrons. The Hall–Kier alpha value is -1.11. The average Bonchev–Trinajstić information content (AvgIpc) is 2.41. The van der Waals surface area contributed by atoms with Gasteiger partial charge in [0.15, 0.2) is 0 Å². The second-order valence-electron chi connectivity index (χ2n) is 3.86. The summed E-state index contributed by atoms with van der Waals surface area (Å²) in [7, 11) is 0. The van der Waals surface area contributed by atoms with Crippen LogP contribution in [0.3, 0.4) is 0 Å². The van der Waals surface area contributed by atoms with Gasteiger partial charge < -0.3 is 20.5 Å². The van der Waals surface area contributed by atoms with Crippen molar-refractivity contribution in [1.82, 2.24) is 10.6 Å². The van der Waals surface area contributed by atoms with Crippen LogP contribution in [0.2, 0.25) is 0 Å². The SMILES string of the molecule is O=C(NCCOCCO)NCCc1ccccc1Br. The van der Waals surface area contributed by atoms with E-state index in [0.717, 1.165) is 16.5 Å². The smallest absolute Gasteiger partial charge is 0.314 e. The summed E-state index contributed by atoms with van der Waals surface area (Å²) in [6.07, 6.45) is 0.774. The van der Waals surface area contributed by atoms with Crippen LogP contribution >= 0.6 is 15.9 Å². The lowest BCUT2D eigenvalue weighted by atomic mass is 10.1. The van der Waals surface area contributed by atoms with Crippen LogP contribution in [-0.4, -0.2) is 44.0 Å². The molecule has 1 aromatic rings. The zero-order valence-corrected chi connectivity index (χ0v) is 12.3. The quantitative estimate of drug-likeness (QED) is 0.629. The summed E-state index contributed by atoms with van der Waals surface area (Å²) in [5.41, 5.74) is 1.16. The van der Waals surface area contributed by atoms with Gasteiger partial charge in [0.1, 0.15) is 0 Å². The molecule has 0 atom stereocenters. The number of hydrogen-bond donors (Lipinski definition) is 3. The fourth-order valence-electron chi connectivity index (χ4n) is 1.48. The maximum absolute atomic E-state index is 11.4. The number of hydrogen-bond acceptors (Lipinski definition) is 3. The van der Waals surface area contributed by atoms with Gasteiger partial charge in [0.2, 0.25) is 0 Å². The topological polar surface area (TPSA) is 70.6 Å². The Morgan fingerprint density at radius 1 is 1.21 bits per heavy atom. The number of benzene rings is 1. The zero-order valence-electron chi connectivity index (χ0n) is 10.7. The average molecular weight is 331 g/mol. The molecule has 0 unspecified atom stereocenters. The molecule has 0 aliphatic rings. The molecule has 0 radical (unpaired) electrons. The molecular formula is C13H19BrN2O3. The first kappa shape index (κ1) is 15.9. The van der Waals surface area contributed by atoms with Gasteiger partial charge in [0.25, 0.3) is 0 Å². The molecule has 0 aliphatic carbocycles. The van der Waals surface area contributed by atoms with Gasteiger partial charge >= 0.3 is 6.03 Å². The van der Waals surface area contributed by atoms with E-state index in [0.29, 0.717) is 26.3 Å². The van der Waals surface area contributed by atoms with E-state index in [9.17, 15) is 4.79 Å². The molecule has 0 aliphatic heterocycles. The largest absolute Gasteiger partial charge is 0.394 e. The van der Waals surface area contributed by atoms with Gasteiger partial charge in [-0.15, -0.1) is 0 Å². The van der Waals surface area contributed by atoms with E-state index in [1.807, 2.05) is 24.3 Å². The lowest BCUT2D eigenvalue weighted by molar-refractivity contribution is 0.0947. The van der Waals surface area contributed by atoms with Crippen LogP contribution in [0.4, 0.5) is 4.79 Å². The first-order chi connectivity index (χ1) is 9.24. The Morgan fingerprint density at radius 3 is 2.68 bits per heavy atom. The van der Waals surface area contributed by atoms with Crippen molar-refractivity contribution in [3.63, 3.8) is 0 Å². The number of ether oxygens (including phenoxy) is 1. The highest BCUT2D eigenvalue weighted by Gasteiger charge is 2.01. The lowest BCUT2D eigenvalue weighted by Gasteiger charge is -2.08. The van der Waals surface area contributed by atoms with Crippen molar-refractivity contribution in [1.29, 1.82) is 0 Å². The van der Waals surface area contributed by atoms with E-state index in [4.69, 9.17) is 9.84 Å². The van der Waals surface area contributed by atoms with Gasteiger partial charge in [-0.2, -0.15) is 0 Å². The van der Waals surface area contributed by atoms with Gasteiger partial charge in [-0.05, 0) is 18.1 Å². The summed E-state index contributed by atoms with van der Waals surface area (Å²) in [4.78, 5) is 11.4. The summed E-state index contributed by atoms with van der Waals surface area (Å²) >= 11 is 3.46. The van der Waals surface area contributed by atoms with Gasteiger partial charge in [-0.25, -0.2) is 4.79 Å².